The maximum Gasteiger partial charge on any atom is 0.303 e. The van der Waals surface area contributed by atoms with Crippen LogP contribution in [-0.2, 0) is 22.6 Å². The van der Waals surface area contributed by atoms with Crippen LogP contribution in [0, 0.1) is 17.2 Å². The number of aliphatic carboxylic acids is 1. The third kappa shape index (κ3) is 6.67. The molecule has 0 aromatic heterocycles. The number of hydrogen-bond donors (Lipinski definition) is 2. The Balaban J connectivity index is 2.17. The summed E-state index contributed by atoms with van der Waals surface area (Å²) >= 11 is 12.5. The topological polar surface area (TPSA) is 99.4 Å². The van der Waals surface area contributed by atoms with Gasteiger partial charge in [0.25, 0.3) is 0 Å². The van der Waals surface area contributed by atoms with Crippen LogP contribution < -0.4 is 10.1 Å². The minimum Gasteiger partial charge on any atom is -0.486 e. The molecule has 0 atom stereocenters. The number of hydrogen-bond acceptors (Lipinski definition) is 4. The van der Waals surface area contributed by atoms with Gasteiger partial charge in [0.1, 0.15) is 6.61 Å². The van der Waals surface area contributed by atoms with Crippen LogP contribution in [0.25, 0.3) is 0 Å². The number of anilines is 1. The van der Waals surface area contributed by atoms with E-state index >= 15 is 0 Å². The highest BCUT2D eigenvalue weighted by Crippen LogP contribution is 2.35. The van der Waals surface area contributed by atoms with E-state index < -0.39 is 5.97 Å². The maximum absolute atomic E-state index is 11.9. The lowest BCUT2D eigenvalue weighted by Crippen LogP contribution is -2.18. The van der Waals surface area contributed by atoms with Crippen molar-refractivity contribution in [1.29, 1.82) is 5.26 Å². The Morgan fingerprint density at radius 1 is 1.14 bits per heavy atom. The monoisotopic (exact) mass is 434 g/mol. The zero-order valence-corrected chi connectivity index (χ0v) is 17.5. The summed E-state index contributed by atoms with van der Waals surface area (Å²) in [4.78, 5) is 22.6. The molecule has 0 saturated heterocycles. The number of amides is 1. The Hall–Kier alpha value is -2.75. The summed E-state index contributed by atoms with van der Waals surface area (Å²) in [5, 5.41) is 21.3. The fraction of sp³-hybridized carbons (Fsp3) is 0.286. The number of aryl methyl sites for hydroxylation is 1. The average molecular weight is 435 g/mol. The van der Waals surface area contributed by atoms with Gasteiger partial charge in [-0.2, -0.15) is 5.26 Å². The van der Waals surface area contributed by atoms with Crippen LogP contribution in [0.3, 0.4) is 0 Å². The summed E-state index contributed by atoms with van der Waals surface area (Å²) < 4.78 is 5.74. The maximum atomic E-state index is 11.9. The quantitative estimate of drug-likeness (QED) is 0.604. The Labute approximate surface area is 179 Å². The van der Waals surface area contributed by atoms with Crippen LogP contribution in [0.2, 0.25) is 10.0 Å². The van der Waals surface area contributed by atoms with Gasteiger partial charge in [-0.3, -0.25) is 9.59 Å². The summed E-state index contributed by atoms with van der Waals surface area (Å²) in [6.45, 7) is 3.63. The molecule has 1 amide bonds. The third-order valence-corrected chi connectivity index (χ3v) is 4.54. The molecule has 2 N–H and O–H groups in total. The second kappa shape index (κ2) is 10.1. The van der Waals surface area contributed by atoms with E-state index in [1.54, 1.807) is 44.2 Å². The molecule has 0 fully saturated rings. The van der Waals surface area contributed by atoms with Crippen LogP contribution in [0.5, 0.6) is 5.75 Å². The number of carbonyl (C=O) groups is 2. The van der Waals surface area contributed by atoms with E-state index in [1.807, 2.05) is 0 Å². The third-order valence-electron chi connectivity index (χ3n) is 3.98. The molecular weight excluding hydrogens is 415 g/mol. The predicted molar refractivity (Wildman–Crippen MR) is 111 cm³/mol. The first-order valence-corrected chi connectivity index (χ1v) is 9.62. The summed E-state index contributed by atoms with van der Waals surface area (Å²) in [5.41, 5.74) is 2.24. The van der Waals surface area contributed by atoms with E-state index in [-0.39, 0.29) is 40.6 Å². The Kier molecular flexibility index (Phi) is 7.89. The van der Waals surface area contributed by atoms with Gasteiger partial charge >= 0.3 is 5.97 Å². The van der Waals surface area contributed by atoms with Gasteiger partial charge in [-0.15, -0.1) is 0 Å². The van der Waals surface area contributed by atoms with Crippen molar-refractivity contribution in [3.63, 3.8) is 0 Å². The molecule has 2 rings (SSSR count). The molecule has 0 bridgehead atoms. The van der Waals surface area contributed by atoms with Crippen LogP contribution >= 0.6 is 23.2 Å². The molecule has 0 radical (unpaired) electrons. The molecule has 0 spiro atoms. The normalized spacial score (nSPS) is 10.5. The summed E-state index contributed by atoms with van der Waals surface area (Å²) in [7, 11) is 0. The lowest BCUT2D eigenvalue weighted by Gasteiger charge is -2.13. The van der Waals surface area contributed by atoms with Crippen LogP contribution in [0.15, 0.2) is 30.3 Å². The van der Waals surface area contributed by atoms with Gasteiger partial charge in [-0.05, 0) is 47.9 Å². The molecule has 2 aromatic rings. The average Bonchev–Trinajstić information content (AvgIpc) is 2.65. The largest absolute Gasteiger partial charge is 0.486 e. The molecule has 0 unspecified atom stereocenters. The molecule has 0 aliphatic heterocycles. The number of carboxylic acids is 1. The van der Waals surface area contributed by atoms with E-state index in [0.29, 0.717) is 28.8 Å². The van der Waals surface area contributed by atoms with Gasteiger partial charge < -0.3 is 15.2 Å². The van der Waals surface area contributed by atoms with Gasteiger partial charge in [-0.1, -0.05) is 37.0 Å². The minimum atomic E-state index is -0.907. The molecule has 0 aliphatic rings. The van der Waals surface area contributed by atoms with Crippen molar-refractivity contribution in [3.05, 3.63) is 57.1 Å². The van der Waals surface area contributed by atoms with Gasteiger partial charge in [0.15, 0.2) is 5.75 Å². The van der Waals surface area contributed by atoms with Gasteiger partial charge in [-0.25, -0.2) is 0 Å². The van der Waals surface area contributed by atoms with Gasteiger partial charge in [0.05, 0.1) is 21.7 Å². The zero-order chi connectivity index (χ0) is 21.6. The molecule has 29 heavy (non-hydrogen) atoms. The highest BCUT2D eigenvalue weighted by Gasteiger charge is 2.13. The number of nitrogens with one attached hydrogen (secondary N) is 1. The summed E-state index contributed by atoms with van der Waals surface area (Å²) in [6, 6.07) is 10.2. The van der Waals surface area contributed by atoms with E-state index in [1.165, 1.54) is 0 Å². The first-order valence-electron chi connectivity index (χ1n) is 8.87. The smallest absolute Gasteiger partial charge is 0.303 e. The molecule has 0 heterocycles. The van der Waals surface area contributed by atoms with E-state index in [9.17, 15) is 14.9 Å². The fourth-order valence-corrected chi connectivity index (χ4v) is 3.14. The van der Waals surface area contributed by atoms with Crippen molar-refractivity contribution >= 4 is 40.8 Å². The Morgan fingerprint density at radius 2 is 1.79 bits per heavy atom. The molecule has 0 aliphatic carbocycles. The summed E-state index contributed by atoms with van der Waals surface area (Å²) in [5.74, 6) is -0.995. The van der Waals surface area contributed by atoms with Crippen molar-refractivity contribution in [1.82, 2.24) is 0 Å². The number of rotatable bonds is 8. The number of nitrogens with zero attached hydrogens (tertiary/aromatic N) is 1. The second-order valence-electron chi connectivity index (χ2n) is 6.75. The minimum absolute atomic E-state index is 0.0291. The number of nitriles is 1. The number of benzene rings is 2. The van der Waals surface area contributed by atoms with Crippen molar-refractivity contribution in [2.24, 2.45) is 5.92 Å². The number of carboxylic acid groups (broad SMARTS) is 1. The number of ether oxygens (including phenoxy) is 1. The predicted octanol–water partition coefficient (Wildman–Crippen LogP) is 5.06. The van der Waals surface area contributed by atoms with E-state index in [4.69, 9.17) is 33.0 Å². The zero-order valence-electron chi connectivity index (χ0n) is 16.0. The molecule has 6 nitrogen and oxygen atoms in total. The second-order valence-corrected chi connectivity index (χ2v) is 7.56. The molecule has 152 valence electrons. The van der Waals surface area contributed by atoms with E-state index in [0.717, 1.165) is 0 Å². The highest BCUT2D eigenvalue weighted by atomic mass is 35.5. The van der Waals surface area contributed by atoms with Crippen molar-refractivity contribution in [2.75, 3.05) is 5.32 Å². The number of halogens is 2. The van der Waals surface area contributed by atoms with Crippen molar-refractivity contribution < 1.29 is 19.4 Å². The van der Waals surface area contributed by atoms with E-state index in [2.05, 4.69) is 11.4 Å². The summed E-state index contributed by atoms with van der Waals surface area (Å²) in [6.07, 6.45) is 0.275. The molecular formula is C21H20Cl2N2O4. The lowest BCUT2D eigenvalue weighted by atomic mass is 10.1. The fourth-order valence-electron chi connectivity index (χ4n) is 2.50. The highest BCUT2D eigenvalue weighted by molar-refractivity contribution is 6.37. The van der Waals surface area contributed by atoms with Crippen molar-refractivity contribution in [2.45, 2.75) is 33.3 Å². The number of carbonyl (C=O) groups excluding carboxylic acids is 1. The Morgan fingerprint density at radius 3 is 2.34 bits per heavy atom. The molecule has 2 aromatic carbocycles. The standard InChI is InChI=1S/C21H20Cl2N2O4/c1-12(2)21(28)25-16-6-14(10-24)5-15(7-16)11-29-20-17(22)8-13(9-18(20)23)3-4-19(26)27/h5-9,12H,3-4,11H2,1-2H3,(H,25,28)(H,26,27). The van der Waals surface area contributed by atoms with Crippen LogP contribution in [0.1, 0.15) is 37.0 Å². The SMILES string of the molecule is CC(C)C(=O)Nc1cc(C#N)cc(COc2c(Cl)cc(CCC(=O)O)cc2Cl)c1. The first-order chi connectivity index (χ1) is 13.7. The van der Waals surface area contributed by atoms with Crippen LogP contribution in [-0.4, -0.2) is 17.0 Å². The lowest BCUT2D eigenvalue weighted by molar-refractivity contribution is -0.137. The first kappa shape index (κ1) is 22.5. The van der Waals surface area contributed by atoms with Crippen molar-refractivity contribution in [3.8, 4) is 11.8 Å². The Bertz CT molecular complexity index is 945. The van der Waals surface area contributed by atoms with Gasteiger partial charge in [0.2, 0.25) is 5.91 Å². The van der Waals surface area contributed by atoms with Gasteiger partial charge in [0, 0.05) is 18.0 Å². The molecule has 8 heteroatoms. The van der Waals surface area contributed by atoms with Crippen LogP contribution in [0.4, 0.5) is 5.69 Å². The molecule has 0 saturated carbocycles.